The van der Waals surface area contributed by atoms with Gasteiger partial charge in [-0.25, -0.2) is 4.57 Å². The van der Waals surface area contributed by atoms with Crippen molar-refractivity contribution in [3.63, 3.8) is 0 Å². The number of hydrogen-bond acceptors (Lipinski definition) is 10. The third-order valence-corrected chi connectivity index (χ3v) is 8.55. The van der Waals surface area contributed by atoms with Crippen molar-refractivity contribution >= 4 is 25.7 Å². The fourth-order valence-electron chi connectivity index (χ4n) is 4.38. The van der Waals surface area contributed by atoms with Crippen LogP contribution in [0.5, 0.6) is 0 Å². The summed E-state index contributed by atoms with van der Waals surface area (Å²) in [5, 5.41) is 18.3. The Labute approximate surface area is 317 Å². The second-order valence-corrected chi connectivity index (χ2v) is 14.0. The molecular weight excluding hydrogens is 701 g/mol. The molecule has 0 spiro atoms. The smallest absolute Gasteiger partial charge is 0.472 e. The molecule has 0 aliphatic carbocycles. The summed E-state index contributed by atoms with van der Waals surface area (Å²) >= 11 is 0. The van der Waals surface area contributed by atoms with E-state index in [0.29, 0.717) is 25.7 Å². The van der Waals surface area contributed by atoms with Crippen LogP contribution < -0.4 is 5.73 Å². The van der Waals surface area contributed by atoms with Gasteiger partial charge in [-0.1, -0.05) is 119 Å². The van der Waals surface area contributed by atoms with E-state index in [1.54, 1.807) is 6.08 Å². The van der Waals surface area contributed by atoms with Crippen LogP contribution >= 0.6 is 7.82 Å². The zero-order valence-electron chi connectivity index (χ0n) is 31.9. The lowest BCUT2D eigenvalue weighted by molar-refractivity contribution is -0.161. The van der Waals surface area contributed by atoms with Gasteiger partial charge in [-0.15, -0.1) is 0 Å². The van der Waals surface area contributed by atoms with Crippen LogP contribution in [0.1, 0.15) is 123 Å². The summed E-state index contributed by atoms with van der Waals surface area (Å²) < 4.78 is 32.4. The van der Waals surface area contributed by atoms with Crippen molar-refractivity contribution in [1.82, 2.24) is 0 Å². The number of allylic oxidation sites excluding steroid dienone is 11. The van der Waals surface area contributed by atoms with E-state index in [2.05, 4.69) is 47.9 Å². The molecule has 0 bridgehead atoms. The van der Waals surface area contributed by atoms with Crippen molar-refractivity contribution < 1.29 is 52.6 Å². The van der Waals surface area contributed by atoms with Crippen LogP contribution in [0.2, 0.25) is 0 Å². The second kappa shape index (κ2) is 34.6. The molecule has 0 aromatic carbocycles. The minimum atomic E-state index is -4.74. The van der Waals surface area contributed by atoms with Gasteiger partial charge >= 0.3 is 25.7 Å². The monoisotopic (exact) mass is 767 g/mol. The summed E-state index contributed by atoms with van der Waals surface area (Å²) in [5.74, 6) is -2.50. The molecule has 0 aliphatic rings. The lowest BCUT2D eigenvalue weighted by Crippen LogP contribution is -2.34. The maximum atomic E-state index is 12.5. The van der Waals surface area contributed by atoms with Crippen LogP contribution in [-0.2, 0) is 37.5 Å². The number of carbonyl (C=O) groups is 3. The van der Waals surface area contributed by atoms with Gasteiger partial charge in [0, 0.05) is 12.8 Å². The van der Waals surface area contributed by atoms with Crippen molar-refractivity contribution in [3.8, 4) is 0 Å². The molecule has 0 saturated carbocycles. The fourth-order valence-corrected chi connectivity index (χ4v) is 5.16. The maximum Gasteiger partial charge on any atom is 0.472 e. The Bertz CT molecular complexity index is 1200. The fraction of sp³-hybridized carbons (Fsp3) is 0.625. The van der Waals surface area contributed by atoms with Gasteiger partial charge in [0.25, 0.3) is 0 Å². The molecule has 0 aromatic heterocycles. The molecule has 0 heterocycles. The minimum Gasteiger partial charge on any atom is -0.480 e. The topological polar surface area (TPSA) is 192 Å². The SMILES string of the molecule is CCCC/C=C\CCCCCCCC(=O)O[C@H](COC(=O)CCC/C=C\C/C=C\C/C=C\C/C=C\C=C\[C@@H](O)CC)COP(=O)(O)OC[C@H](N)C(=O)O. The Morgan fingerprint density at radius 2 is 1.23 bits per heavy atom. The highest BCUT2D eigenvalue weighted by Crippen LogP contribution is 2.43. The normalized spacial score (nSPS) is 15.3. The number of aliphatic hydroxyl groups is 1. The summed E-state index contributed by atoms with van der Waals surface area (Å²) in [6.45, 7) is 2.32. The first-order valence-electron chi connectivity index (χ1n) is 19.1. The molecule has 0 amide bonds. The molecule has 53 heavy (non-hydrogen) atoms. The number of aliphatic hydroxyl groups excluding tert-OH is 1. The number of unbranched alkanes of at least 4 members (excludes halogenated alkanes) is 8. The lowest BCUT2D eigenvalue weighted by Gasteiger charge is -2.20. The molecule has 0 fully saturated rings. The average molecular weight is 768 g/mol. The summed E-state index contributed by atoms with van der Waals surface area (Å²) in [6, 6.07) is -1.54. The highest BCUT2D eigenvalue weighted by molar-refractivity contribution is 7.47. The van der Waals surface area contributed by atoms with Crippen LogP contribution in [0.15, 0.2) is 72.9 Å². The minimum absolute atomic E-state index is 0.124. The van der Waals surface area contributed by atoms with E-state index in [9.17, 15) is 28.9 Å². The molecule has 0 aromatic rings. The van der Waals surface area contributed by atoms with Crippen LogP contribution in [0.25, 0.3) is 0 Å². The van der Waals surface area contributed by atoms with Gasteiger partial charge < -0.3 is 30.3 Å². The largest absolute Gasteiger partial charge is 0.480 e. The first-order valence-corrected chi connectivity index (χ1v) is 20.6. The van der Waals surface area contributed by atoms with E-state index in [1.807, 2.05) is 37.3 Å². The number of aliphatic carboxylic acids is 1. The molecule has 5 N–H and O–H groups in total. The van der Waals surface area contributed by atoms with Gasteiger partial charge in [0.15, 0.2) is 6.10 Å². The highest BCUT2D eigenvalue weighted by atomic mass is 31.2. The summed E-state index contributed by atoms with van der Waals surface area (Å²) in [6.07, 6.45) is 36.5. The number of rotatable bonds is 34. The van der Waals surface area contributed by atoms with Crippen LogP contribution in [-0.4, -0.2) is 71.1 Å². The number of ether oxygens (including phenoxy) is 2. The first kappa shape index (κ1) is 49.9. The van der Waals surface area contributed by atoms with Crippen LogP contribution in [0, 0.1) is 0 Å². The summed E-state index contributed by atoms with van der Waals surface area (Å²) in [4.78, 5) is 45.7. The van der Waals surface area contributed by atoms with Crippen molar-refractivity contribution in [3.05, 3.63) is 72.9 Å². The summed E-state index contributed by atoms with van der Waals surface area (Å²) in [5.41, 5.74) is 5.30. The number of nitrogens with two attached hydrogens (primary N) is 1. The zero-order chi connectivity index (χ0) is 39.4. The Hall–Kier alpha value is -3.12. The number of hydrogen-bond donors (Lipinski definition) is 4. The van der Waals surface area contributed by atoms with E-state index in [-0.39, 0.29) is 12.8 Å². The van der Waals surface area contributed by atoms with E-state index in [1.165, 1.54) is 12.8 Å². The number of carboxylic acid groups (broad SMARTS) is 1. The van der Waals surface area contributed by atoms with Gasteiger partial charge in [-0.3, -0.25) is 23.4 Å². The molecule has 1 unspecified atom stereocenters. The van der Waals surface area contributed by atoms with E-state index >= 15 is 0 Å². The van der Waals surface area contributed by atoms with E-state index < -0.39 is 63.8 Å². The molecule has 0 aliphatic heterocycles. The third kappa shape index (κ3) is 34.4. The van der Waals surface area contributed by atoms with Crippen molar-refractivity contribution in [2.45, 2.75) is 141 Å². The number of esters is 2. The second-order valence-electron chi connectivity index (χ2n) is 12.5. The van der Waals surface area contributed by atoms with E-state index in [4.69, 9.17) is 24.8 Å². The van der Waals surface area contributed by atoms with E-state index in [0.717, 1.165) is 57.8 Å². The Kier molecular flexibility index (Phi) is 32.6. The number of phosphoric acid groups is 1. The quantitative estimate of drug-likeness (QED) is 0.0161. The molecule has 0 radical (unpaired) electrons. The number of carboxylic acids is 1. The van der Waals surface area contributed by atoms with Crippen molar-refractivity contribution in [2.24, 2.45) is 5.73 Å². The van der Waals surface area contributed by atoms with Crippen LogP contribution in [0.4, 0.5) is 0 Å². The Balaban J connectivity index is 4.56. The predicted molar refractivity (Wildman–Crippen MR) is 209 cm³/mol. The van der Waals surface area contributed by atoms with Crippen molar-refractivity contribution in [1.29, 1.82) is 0 Å². The predicted octanol–water partition coefficient (Wildman–Crippen LogP) is 8.36. The molecular formula is C40H66NO11P. The Morgan fingerprint density at radius 1 is 0.679 bits per heavy atom. The molecule has 13 heteroatoms. The molecule has 302 valence electrons. The van der Waals surface area contributed by atoms with Gasteiger partial charge in [-0.05, 0) is 64.2 Å². The molecule has 12 nitrogen and oxygen atoms in total. The van der Waals surface area contributed by atoms with Gasteiger partial charge in [0.1, 0.15) is 12.6 Å². The standard InChI is InChI=1S/C40H66NO11P/c1-3-5-6-7-8-9-14-19-22-25-28-31-39(44)52-36(33-50-53(47,48)51-34-37(41)40(45)46)32-49-38(43)30-27-24-21-18-16-13-11-10-12-15-17-20-23-26-29-35(42)4-2/h7-8,11-13,15,18,20-21,23,26,29,35-37,42H,3-6,9-10,14,16-17,19,22,24-25,27-28,30-34,41H2,1-2H3,(H,45,46)(H,47,48)/b8-7-,13-11-,15-12-,21-18-,23-20-,29-26+/t35-,36+,37-/m0/s1. The van der Waals surface area contributed by atoms with Crippen LogP contribution in [0.3, 0.4) is 0 Å². The highest BCUT2D eigenvalue weighted by Gasteiger charge is 2.28. The van der Waals surface area contributed by atoms with Gasteiger partial charge in [0.05, 0.1) is 19.3 Å². The zero-order valence-corrected chi connectivity index (χ0v) is 32.8. The van der Waals surface area contributed by atoms with Gasteiger partial charge in [0.2, 0.25) is 0 Å². The number of carbonyl (C=O) groups excluding carboxylic acids is 2. The summed E-state index contributed by atoms with van der Waals surface area (Å²) in [7, 11) is -4.74. The first-order chi connectivity index (χ1) is 25.5. The van der Waals surface area contributed by atoms with Gasteiger partial charge in [-0.2, -0.15) is 0 Å². The van der Waals surface area contributed by atoms with Crippen molar-refractivity contribution in [2.75, 3.05) is 19.8 Å². The molecule has 0 saturated heterocycles. The average Bonchev–Trinajstić information content (AvgIpc) is 3.13. The lowest BCUT2D eigenvalue weighted by atomic mass is 10.1. The maximum absolute atomic E-state index is 12.5. The molecule has 0 rings (SSSR count). The third-order valence-electron chi connectivity index (χ3n) is 7.60. The number of phosphoric ester groups is 1. The Morgan fingerprint density at radius 3 is 1.89 bits per heavy atom. The molecule has 4 atom stereocenters.